The summed E-state index contributed by atoms with van der Waals surface area (Å²) in [4.78, 5) is 28.1. The van der Waals surface area contributed by atoms with E-state index in [1.807, 2.05) is 24.3 Å². The van der Waals surface area contributed by atoms with Crippen molar-refractivity contribution in [2.45, 2.75) is 19.3 Å². The van der Waals surface area contributed by atoms with Crippen LogP contribution in [0.2, 0.25) is 0 Å². The highest BCUT2D eigenvalue weighted by Gasteiger charge is 2.25. The number of imidazole rings is 1. The molecule has 3 rings (SSSR count). The van der Waals surface area contributed by atoms with Gasteiger partial charge in [-0.3, -0.25) is 9.59 Å². The molecule has 1 heterocycles. The number of fused-ring (bicyclic) bond motifs is 1. The van der Waals surface area contributed by atoms with Crippen LogP contribution in [0, 0.1) is 11.3 Å². The van der Waals surface area contributed by atoms with Gasteiger partial charge in [-0.1, -0.05) is 24.3 Å². The van der Waals surface area contributed by atoms with Crippen LogP contribution in [-0.2, 0) is 23.1 Å². The van der Waals surface area contributed by atoms with Gasteiger partial charge in [0.1, 0.15) is 11.6 Å². The number of nitrogens with zero attached hydrogens (tertiary/aromatic N) is 3. The van der Waals surface area contributed by atoms with Crippen LogP contribution in [0.25, 0.3) is 11.0 Å². The van der Waals surface area contributed by atoms with Gasteiger partial charge < -0.3 is 9.30 Å². The Labute approximate surface area is 150 Å². The van der Waals surface area contributed by atoms with Crippen molar-refractivity contribution in [3.63, 3.8) is 0 Å². The minimum Gasteiger partial charge on any atom is -0.427 e. The van der Waals surface area contributed by atoms with Gasteiger partial charge in [0.25, 0.3) is 0 Å². The lowest BCUT2D eigenvalue weighted by atomic mass is 9.98. The van der Waals surface area contributed by atoms with Gasteiger partial charge in [-0.25, -0.2) is 4.98 Å². The maximum Gasteiger partial charge on any atom is 0.308 e. The molecule has 0 aliphatic carbocycles. The lowest BCUT2D eigenvalue weighted by molar-refractivity contribution is -0.131. The molecule has 0 N–H and O–H groups in total. The van der Waals surface area contributed by atoms with Crippen LogP contribution in [-0.4, -0.2) is 21.3 Å². The summed E-state index contributed by atoms with van der Waals surface area (Å²) in [6, 6.07) is 16.3. The van der Waals surface area contributed by atoms with Crippen molar-refractivity contribution in [1.82, 2.24) is 9.55 Å². The van der Waals surface area contributed by atoms with Crippen LogP contribution in [0.4, 0.5) is 0 Å². The smallest absolute Gasteiger partial charge is 0.308 e. The molecule has 6 heteroatoms. The number of carbonyl (C=O) groups is 2. The first kappa shape index (κ1) is 17.4. The van der Waals surface area contributed by atoms with E-state index >= 15 is 0 Å². The second kappa shape index (κ2) is 7.19. The zero-order valence-electron chi connectivity index (χ0n) is 14.5. The van der Waals surface area contributed by atoms with Crippen LogP contribution in [0.5, 0.6) is 5.75 Å². The zero-order valence-corrected chi connectivity index (χ0v) is 14.5. The molecule has 0 aliphatic heterocycles. The van der Waals surface area contributed by atoms with Gasteiger partial charge in [0.05, 0.1) is 17.1 Å². The third-order valence-corrected chi connectivity index (χ3v) is 4.09. The predicted molar refractivity (Wildman–Crippen MR) is 95.5 cm³/mol. The van der Waals surface area contributed by atoms with Crippen LogP contribution < -0.4 is 4.74 Å². The fraction of sp³-hybridized carbons (Fsp3) is 0.200. The summed E-state index contributed by atoms with van der Waals surface area (Å²) in [6.45, 7) is 1.33. The minimum atomic E-state index is -0.944. The van der Waals surface area contributed by atoms with Crippen LogP contribution in [0.1, 0.15) is 24.2 Å². The first-order chi connectivity index (χ1) is 12.5. The average molecular weight is 347 g/mol. The molecule has 1 atom stereocenters. The van der Waals surface area contributed by atoms with Gasteiger partial charge >= 0.3 is 5.97 Å². The number of esters is 1. The number of para-hydroxylation sites is 2. The Morgan fingerprint density at radius 1 is 1.19 bits per heavy atom. The number of nitriles is 1. The molecule has 26 heavy (non-hydrogen) atoms. The summed E-state index contributed by atoms with van der Waals surface area (Å²) in [6.07, 6.45) is 0.0990. The highest BCUT2D eigenvalue weighted by Crippen LogP contribution is 2.23. The molecule has 0 saturated heterocycles. The normalized spacial score (nSPS) is 11.7. The third kappa shape index (κ3) is 3.47. The third-order valence-electron chi connectivity index (χ3n) is 4.09. The fourth-order valence-corrected chi connectivity index (χ4v) is 2.84. The second-order valence-corrected chi connectivity index (χ2v) is 5.96. The first-order valence-corrected chi connectivity index (χ1v) is 8.10. The number of carbonyl (C=O) groups excluding carboxylic acids is 2. The molecule has 0 saturated carbocycles. The summed E-state index contributed by atoms with van der Waals surface area (Å²) in [5.74, 6) is -0.719. The quantitative estimate of drug-likeness (QED) is 0.523. The molecule has 0 aliphatic rings. The number of hydrogen-bond donors (Lipinski definition) is 0. The summed E-state index contributed by atoms with van der Waals surface area (Å²) in [7, 11) is 1.80. The number of Topliss-reactive ketones (excluding diaryl/α,β-unsaturated/α-hetero) is 1. The van der Waals surface area contributed by atoms with E-state index in [4.69, 9.17) is 4.74 Å². The van der Waals surface area contributed by atoms with E-state index in [-0.39, 0.29) is 12.2 Å². The number of ketones is 1. The van der Waals surface area contributed by atoms with Crippen LogP contribution in [0.15, 0.2) is 48.5 Å². The summed E-state index contributed by atoms with van der Waals surface area (Å²) < 4.78 is 6.75. The second-order valence-electron chi connectivity index (χ2n) is 5.96. The standard InChI is InChI=1S/C20H17N3O3/c1-13(24)26-15-9-7-14(8-10-15)11-19(25)16(12-21)20-22-17-5-3-4-6-18(17)23(20)2/h3-10,16H,11H2,1-2H3/t16-/m0/s1. The maximum atomic E-state index is 12.7. The zero-order chi connectivity index (χ0) is 18.7. The number of ether oxygens (including phenoxy) is 1. The molecule has 3 aromatic rings. The summed E-state index contributed by atoms with van der Waals surface area (Å²) >= 11 is 0. The van der Waals surface area contributed by atoms with Crippen molar-refractivity contribution < 1.29 is 14.3 Å². The molecular formula is C20H17N3O3. The van der Waals surface area contributed by atoms with Gasteiger partial charge in [-0.2, -0.15) is 5.26 Å². The largest absolute Gasteiger partial charge is 0.427 e. The molecule has 0 spiro atoms. The molecule has 2 aromatic carbocycles. The molecular weight excluding hydrogens is 330 g/mol. The van der Waals surface area contributed by atoms with Crippen LogP contribution in [0.3, 0.4) is 0 Å². The van der Waals surface area contributed by atoms with Crippen molar-refractivity contribution >= 4 is 22.8 Å². The number of aryl methyl sites for hydroxylation is 1. The number of rotatable bonds is 5. The Hall–Kier alpha value is -3.46. The number of aromatic nitrogens is 2. The van der Waals surface area contributed by atoms with Crippen molar-refractivity contribution in [2.75, 3.05) is 0 Å². The molecule has 0 unspecified atom stereocenters. The van der Waals surface area contributed by atoms with Gasteiger partial charge in [-0.05, 0) is 29.8 Å². The lowest BCUT2D eigenvalue weighted by Crippen LogP contribution is -2.17. The maximum absolute atomic E-state index is 12.7. The van der Waals surface area contributed by atoms with Gasteiger partial charge in [0.15, 0.2) is 11.7 Å². The Kier molecular flexibility index (Phi) is 4.81. The minimum absolute atomic E-state index is 0.0990. The van der Waals surface area contributed by atoms with E-state index < -0.39 is 11.9 Å². The SMILES string of the molecule is CC(=O)Oc1ccc(CC(=O)[C@H](C#N)c2nc3ccccc3n2C)cc1. The van der Waals surface area contributed by atoms with E-state index in [0.717, 1.165) is 16.6 Å². The molecule has 130 valence electrons. The Bertz CT molecular complexity index is 1010. The highest BCUT2D eigenvalue weighted by atomic mass is 16.5. The number of benzene rings is 2. The highest BCUT2D eigenvalue weighted by molar-refractivity contribution is 5.90. The number of hydrogen-bond acceptors (Lipinski definition) is 5. The Morgan fingerprint density at radius 2 is 1.88 bits per heavy atom. The van der Waals surface area contributed by atoms with E-state index in [2.05, 4.69) is 11.1 Å². The molecule has 0 fully saturated rings. The fourth-order valence-electron chi connectivity index (χ4n) is 2.84. The van der Waals surface area contributed by atoms with E-state index in [0.29, 0.717) is 11.6 Å². The molecule has 6 nitrogen and oxygen atoms in total. The van der Waals surface area contributed by atoms with Gasteiger partial charge in [0.2, 0.25) is 0 Å². The van der Waals surface area contributed by atoms with Crippen molar-refractivity contribution in [3.05, 3.63) is 59.9 Å². The van der Waals surface area contributed by atoms with Gasteiger partial charge in [-0.15, -0.1) is 0 Å². The molecule has 0 radical (unpaired) electrons. The Morgan fingerprint density at radius 3 is 2.50 bits per heavy atom. The monoisotopic (exact) mass is 347 g/mol. The van der Waals surface area contributed by atoms with Crippen molar-refractivity contribution in [3.8, 4) is 11.8 Å². The van der Waals surface area contributed by atoms with E-state index in [1.54, 1.807) is 35.9 Å². The summed E-state index contributed by atoms with van der Waals surface area (Å²) in [5, 5.41) is 9.54. The summed E-state index contributed by atoms with van der Waals surface area (Å²) in [5.41, 5.74) is 2.37. The van der Waals surface area contributed by atoms with E-state index in [9.17, 15) is 14.9 Å². The Balaban J connectivity index is 1.82. The average Bonchev–Trinajstić information content (AvgIpc) is 2.94. The van der Waals surface area contributed by atoms with Gasteiger partial charge in [0, 0.05) is 20.4 Å². The molecule has 0 amide bonds. The van der Waals surface area contributed by atoms with Crippen molar-refractivity contribution in [1.29, 1.82) is 5.26 Å². The van der Waals surface area contributed by atoms with Crippen LogP contribution >= 0.6 is 0 Å². The lowest BCUT2D eigenvalue weighted by Gasteiger charge is -2.09. The molecule has 0 bridgehead atoms. The first-order valence-electron chi connectivity index (χ1n) is 8.10. The van der Waals surface area contributed by atoms with E-state index in [1.165, 1.54) is 6.92 Å². The van der Waals surface area contributed by atoms with Crippen molar-refractivity contribution in [2.24, 2.45) is 7.05 Å². The molecule has 1 aromatic heterocycles. The predicted octanol–water partition coefficient (Wildman–Crippen LogP) is 2.92. The topological polar surface area (TPSA) is 85.0 Å².